The van der Waals surface area contributed by atoms with E-state index >= 15 is 0 Å². The van der Waals surface area contributed by atoms with Gasteiger partial charge in [0, 0.05) is 63.2 Å². The summed E-state index contributed by atoms with van der Waals surface area (Å²) < 4.78 is 7.34. The van der Waals surface area contributed by atoms with Crippen LogP contribution in [0.4, 0.5) is 0 Å². The van der Waals surface area contributed by atoms with Crippen LogP contribution in [0.25, 0.3) is 60.6 Å². The smallest absolute Gasteiger partial charge is 0.213 e. The average Bonchev–Trinajstić information content (AvgIpc) is 3.55. The molecule has 1 aliphatic heterocycles. The molecule has 9 rings (SSSR count). The molecule has 0 bridgehead atoms. The van der Waals surface area contributed by atoms with Crippen LogP contribution < -0.4 is 9.13 Å². The number of nitrogens with zero attached hydrogens (tertiary/aromatic N) is 3. The van der Waals surface area contributed by atoms with Crippen molar-refractivity contribution >= 4 is 38.1 Å². The largest absolute Gasteiger partial charge is 0.308 e. The zero-order chi connectivity index (χ0) is 28.8. The second-order valence-electron chi connectivity index (χ2n) is 12.4. The highest BCUT2D eigenvalue weighted by molar-refractivity contribution is 6.23. The number of hydrogen-bond acceptors (Lipinski definition) is 0. The Balaban J connectivity index is 1.34. The molecule has 5 heterocycles. The monoisotopic (exact) mass is 555 g/mol. The molecule has 0 saturated carbocycles. The predicted molar refractivity (Wildman–Crippen MR) is 176 cm³/mol. The molecule has 3 heteroatoms. The summed E-state index contributed by atoms with van der Waals surface area (Å²) in [6, 6.07) is 41.0. The number of benzene rings is 4. The third-order valence-electron chi connectivity index (χ3n) is 9.99. The van der Waals surface area contributed by atoms with Crippen LogP contribution in [-0.4, -0.2) is 4.40 Å². The molecule has 0 N–H and O–H groups in total. The highest BCUT2D eigenvalue weighted by atomic mass is 15.0. The number of aryl methyl sites for hydroxylation is 2. The Hall–Kier alpha value is -5.02. The van der Waals surface area contributed by atoms with Gasteiger partial charge in [-0.2, -0.15) is 4.57 Å². The quantitative estimate of drug-likeness (QED) is 0.194. The minimum absolute atomic E-state index is 0.292. The molecule has 0 aliphatic carbocycles. The van der Waals surface area contributed by atoms with Crippen molar-refractivity contribution < 1.29 is 9.13 Å². The first-order valence-electron chi connectivity index (χ1n) is 15.3. The standard InChI is InChI=1S/C40H33N3/c1-25-18-19-36-29-12-5-4-11-28(29)26(2)38(42(36)24-25)21-27-22-39-34(23-33(27)35-16-8-9-20-41(35)3)32-15-10-14-31-30-13-6-7-17-37(30)43(39)40(31)32/h4-20,22-24,26,38H,21H2,1-3H3/q+2/t26?,38-/m1/s1. The lowest BCUT2D eigenvalue weighted by Crippen LogP contribution is -2.48. The summed E-state index contributed by atoms with van der Waals surface area (Å²) in [7, 11) is 2.16. The third-order valence-corrected chi connectivity index (χ3v) is 9.99. The van der Waals surface area contributed by atoms with Crippen LogP contribution in [0.1, 0.15) is 35.6 Å². The van der Waals surface area contributed by atoms with Gasteiger partial charge in [0.15, 0.2) is 18.4 Å². The van der Waals surface area contributed by atoms with Crippen LogP contribution in [0.2, 0.25) is 0 Å². The molecule has 43 heavy (non-hydrogen) atoms. The van der Waals surface area contributed by atoms with Gasteiger partial charge < -0.3 is 4.40 Å². The molecule has 4 aromatic carbocycles. The van der Waals surface area contributed by atoms with E-state index in [2.05, 4.69) is 156 Å². The highest BCUT2D eigenvalue weighted by Crippen LogP contribution is 2.43. The second-order valence-corrected chi connectivity index (χ2v) is 12.4. The topological polar surface area (TPSA) is 12.2 Å². The molecule has 1 unspecified atom stereocenters. The molecule has 0 fully saturated rings. The van der Waals surface area contributed by atoms with Crippen LogP contribution in [0.15, 0.2) is 122 Å². The maximum Gasteiger partial charge on any atom is 0.213 e. The Morgan fingerprint density at radius 1 is 0.674 bits per heavy atom. The van der Waals surface area contributed by atoms with E-state index in [4.69, 9.17) is 0 Å². The number of hydrogen-bond donors (Lipinski definition) is 0. The Morgan fingerprint density at radius 3 is 2.33 bits per heavy atom. The lowest BCUT2D eigenvalue weighted by Gasteiger charge is -2.29. The molecule has 0 saturated heterocycles. The van der Waals surface area contributed by atoms with Crippen molar-refractivity contribution in [2.24, 2.45) is 7.05 Å². The van der Waals surface area contributed by atoms with E-state index in [9.17, 15) is 0 Å². The normalized spacial score (nSPS) is 16.3. The zero-order valence-corrected chi connectivity index (χ0v) is 24.8. The minimum Gasteiger partial charge on any atom is -0.308 e. The molecule has 1 aliphatic rings. The Bertz CT molecular complexity index is 2380. The summed E-state index contributed by atoms with van der Waals surface area (Å²) in [6.45, 7) is 4.62. The fourth-order valence-electron chi connectivity index (χ4n) is 7.94. The Labute approximate surface area is 251 Å². The van der Waals surface area contributed by atoms with Crippen molar-refractivity contribution in [3.05, 3.63) is 138 Å². The maximum absolute atomic E-state index is 2.56. The summed E-state index contributed by atoms with van der Waals surface area (Å²) in [4.78, 5) is 0. The number of aromatic nitrogens is 3. The van der Waals surface area contributed by atoms with Crippen LogP contribution in [0, 0.1) is 6.92 Å². The van der Waals surface area contributed by atoms with Crippen molar-refractivity contribution in [1.29, 1.82) is 0 Å². The van der Waals surface area contributed by atoms with Crippen LogP contribution >= 0.6 is 0 Å². The first kappa shape index (κ1) is 24.6. The van der Waals surface area contributed by atoms with Gasteiger partial charge in [-0.25, -0.2) is 4.57 Å². The van der Waals surface area contributed by atoms with E-state index in [1.54, 1.807) is 0 Å². The van der Waals surface area contributed by atoms with Gasteiger partial charge in [-0.3, -0.25) is 0 Å². The van der Waals surface area contributed by atoms with E-state index in [1.807, 2.05) is 0 Å². The lowest BCUT2D eigenvalue weighted by atomic mass is 9.80. The Morgan fingerprint density at radius 2 is 1.44 bits per heavy atom. The summed E-state index contributed by atoms with van der Waals surface area (Å²) in [5.41, 5.74) is 13.2. The van der Waals surface area contributed by atoms with Crippen molar-refractivity contribution in [3.8, 4) is 22.5 Å². The number of rotatable bonds is 3. The van der Waals surface area contributed by atoms with Crippen LogP contribution in [0.3, 0.4) is 0 Å². The molecule has 206 valence electrons. The first-order valence-corrected chi connectivity index (χ1v) is 15.3. The molecule has 0 spiro atoms. The molecule has 4 aromatic heterocycles. The first-order chi connectivity index (χ1) is 21.1. The summed E-state index contributed by atoms with van der Waals surface area (Å²) in [6.07, 6.45) is 5.46. The fraction of sp³-hybridized carbons (Fsp3) is 0.150. The van der Waals surface area contributed by atoms with Gasteiger partial charge in [-0.15, -0.1) is 0 Å². The molecule has 0 radical (unpaired) electrons. The van der Waals surface area contributed by atoms with Gasteiger partial charge in [-0.1, -0.05) is 61.5 Å². The van der Waals surface area contributed by atoms with Gasteiger partial charge >= 0.3 is 0 Å². The van der Waals surface area contributed by atoms with Crippen molar-refractivity contribution in [3.63, 3.8) is 0 Å². The maximum atomic E-state index is 2.56. The molecular formula is C40H33N3+2. The molecule has 8 aromatic rings. The van der Waals surface area contributed by atoms with Gasteiger partial charge in [-0.05, 0) is 54.4 Å². The fourth-order valence-corrected chi connectivity index (χ4v) is 7.94. The number of para-hydroxylation sites is 2. The average molecular weight is 556 g/mol. The van der Waals surface area contributed by atoms with E-state index in [1.165, 1.54) is 77.3 Å². The van der Waals surface area contributed by atoms with Gasteiger partial charge in [0.1, 0.15) is 7.05 Å². The molecular weight excluding hydrogens is 522 g/mol. The van der Waals surface area contributed by atoms with Gasteiger partial charge in [0.2, 0.25) is 11.4 Å². The van der Waals surface area contributed by atoms with Crippen LogP contribution in [-0.2, 0) is 13.5 Å². The van der Waals surface area contributed by atoms with E-state index in [0.717, 1.165) is 6.42 Å². The lowest BCUT2D eigenvalue weighted by molar-refractivity contribution is -0.717. The number of fused-ring (bicyclic) bond motifs is 9. The van der Waals surface area contributed by atoms with Crippen molar-refractivity contribution in [1.82, 2.24) is 4.40 Å². The molecule has 3 nitrogen and oxygen atoms in total. The van der Waals surface area contributed by atoms with Gasteiger partial charge in [0.05, 0.1) is 22.1 Å². The summed E-state index contributed by atoms with van der Waals surface area (Å²) in [5.74, 6) is 0.373. The van der Waals surface area contributed by atoms with Crippen LogP contribution in [0.5, 0.6) is 0 Å². The van der Waals surface area contributed by atoms with Crippen molar-refractivity contribution in [2.45, 2.75) is 32.2 Å². The molecule has 0 amide bonds. The zero-order valence-electron chi connectivity index (χ0n) is 24.8. The molecule has 2 atom stereocenters. The number of pyridine rings is 2. The van der Waals surface area contributed by atoms with E-state index in [-0.39, 0.29) is 0 Å². The predicted octanol–water partition coefficient (Wildman–Crippen LogP) is 8.49. The van der Waals surface area contributed by atoms with E-state index in [0.29, 0.717) is 12.0 Å². The third kappa shape index (κ3) is 3.42. The van der Waals surface area contributed by atoms with Gasteiger partial charge in [0.25, 0.3) is 0 Å². The summed E-state index contributed by atoms with van der Waals surface area (Å²) in [5, 5.41) is 5.29. The SMILES string of the molecule is Cc1ccc2[n+](c1)[C@H](Cc1cc3c(cc1-c1cccc[n+]1C)c1cccc4c5ccccc5n3c41)C(C)c1ccccc1-2. The van der Waals surface area contributed by atoms with E-state index < -0.39 is 0 Å². The van der Waals surface area contributed by atoms with Crippen molar-refractivity contribution in [2.75, 3.05) is 0 Å². The Kier molecular flexibility index (Phi) is 5.14. The highest BCUT2D eigenvalue weighted by Gasteiger charge is 2.38. The minimum atomic E-state index is 0.292. The second kappa shape index (κ2) is 8.99. The summed E-state index contributed by atoms with van der Waals surface area (Å²) >= 11 is 0.